The van der Waals surface area contributed by atoms with Crippen molar-refractivity contribution in [1.82, 2.24) is 0 Å². The van der Waals surface area contributed by atoms with Crippen LogP contribution in [0.1, 0.15) is 35.6 Å². The highest BCUT2D eigenvalue weighted by atomic mass is 19.3. The van der Waals surface area contributed by atoms with E-state index >= 15 is 0 Å². The van der Waals surface area contributed by atoms with E-state index in [1.54, 1.807) is 18.2 Å². The molecule has 0 aliphatic carbocycles. The number of halogens is 3. The number of aryl methyl sites for hydroxylation is 1. The molecule has 2 rings (SSSR count). The zero-order chi connectivity index (χ0) is 17.6. The fourth-order valence-corrected chi connectivity index (χ4v) is 2.33. The number of hydrogen-bond donors (Lipinski definition) is 0. The van der Waals surface area contributed by atoms with Crippen molar-refractivity contribution in [2.45, 2.75) is 38.9 Å². The molecule has 2 nitrogen and oxygen atoms in total. The monoisotopic (exact) mass is 333 g/mol. The van der Waals surface area contributed by atoms with Crippen LogP contribution in [-0.4, -0.2) is 6.11 Å². The fraction of sp³-hybridized carbons (Fsp3) is 0.316. The molecule has 0 atom stereocenters. The quantitative estimate of drug-likeness (QED) is 0.714. The normalized spacial score (nSPS) is 11.3. The van der Waals surface area contributed by atoms with Crippen molar-refractivity contribution in [3.8, 4) is 6.07 Å². The second kappa shape index (κ2) is 7.98. The maximum absolute atomic E-state index is 13.9. The first-order valence-electron chi connectivity index (χ1n) is 7.71. The van der Waals surface area contributed by atoms with Crippen LogP contribution in [0, 0.1) is 17.1 Å². The summed E-state index contributed by atoms with van der Waals surface area (Å²) in [6.07, 6.45) is -2.19. The van der Waals surface area contributed by atoms with Gasteiger partial charge in [0.15, 0.2) is 0 Å². The molecule has 126 valence electrons. The van der Waals surface area contributed by atoms with E-state index in [1.807, 2.05) is 12.1 Å². The minimum Gasteiger partial charge on any atom is -0.315 e. The summed E-state index contributed by atoms with van der Waals surface area (Å²) in [5, 5.41) is 8.64. The number of nitrogens with zero attached hydrogens (tertiary/aromatic N) is 1. The summed E-state index contributed by atoms with van der Waals surface area (Å²) in [5.41, 5.74) is 1.71. The molecule has 0 bridgehead atoms. The molecule has 0 heterocycles. The van der Waals surface area contributed by atoms with Gasteiger partial charge < -0.3 is 4.74 Å². The van der Waals surface area contributed by atoms with Crippen molar-refractivity contribution in [3.05, 3.63) is 70.5 Å². The van der Waals surface area contributed by atoms with Gasteiger partial charge in [-0.1, -0.05) is 43.7 Å². The predicted molar refractivity (Wildman–Crippen MR) is 85.0 cm³/mol. The molecular formula is C19H18F3NO. The van der Waals surface area contributed by atoms with E-state index in [9.17, 15) is 13.2 Å². The van der Waals surface area contributed by atoms with E-state index in [0.717, 1.165) is 24.5 Å². The molecule has 24 heavy (non-hydrogen) atoms. The van der Waals surface area contributed by atoms with Gasteiger partial charge in [0.05, 0.1) is 18.6 Å². The number of hydrogen-bond acceptors (Lipinski definition) is 2. The highest BCUT2D eigenvalue weighted by Gasteiger charge is 2.30. The van der Waals surface area contributed by atoms with Gasteiger partial charge in [0.2, 0.25) is 0 Å². The van der Waals surface area contributed by atoms with Gasteiger partial charge in [0, 0.05) is 0 Å². The van der Waals surface area contributed by atoms with Gasteiger partial charge in [-0.15, -0.1) is 0 Å². The minimum absolute atomic E-state index is 0.0785. The number of rotatable bonds is 7. The zero-order valence-electron chi connectivity index (χ0n) is 13.4. The van der Waals surface area contributed by atoms with Crippen LogP contribution in [0.5, 0.6) is 0 Å². The van der Waals surface area contributed by atoms with Gasteiger partial charge in [0.1, 0.15) is 11.9 Å². The molecule has 0 N–H and O–H groups in total. The molecule has 2 aromatic carbocycles. The second-order valence-corrected chi connectivity index (χ2v) is 5.60. The summed E-state index contributed by atoms with van der Waals surface area (Å²) in [4.78, 5) is 0. The lowest BCUT2D eigenvalue weighted by Gasteiger charge is -2.17. The van der Waals surface area contributed by atoms with Crippen LogP contribution in [0.2, 0.25) is 0 Å². The van der Waals surface area contributed by atoms with Crippen LogP contribution in [0.15, 0.2) is 42.5 Å². The third-order valence-corrected chi connectivity index (χ3v) is 3.58. The van der Waals surface area contributed by atoms with E-state index in [1.165, 1.54) is 12.1 Å². The number of nitriles is 1. The van der Waals surface area contributed by atoms with Crippen LogP contribution < -0.4 is 0 Å². The SMILES string of the molecule is CCCc1ccc(COC(F)(F)Cc2ccc(C#N)c(F)c2)cc1. The van der Waals surface area contributed by atoms with Gasteiger partial charge in [-0.25, -0.2) is 4.39 Å². The first-order valence-corrected chi connectivity index (χ1v) is 7.71. The molecule has 2 aromatic rings. The third kappa shape index (κ3) is 5.10. The molecule has 0 radical (unpaired) electrons. The van der Waals surface area contributed by atoms with Crippen molar-refractivity contribution in [3.63, 3.8) is 0 Å². The Bertz CT molecular complexity index is 720. The lowest BCUT2D eigenvalue weighted by molar-refractivity contribution is -0.244. The summed E-state index contributed by atoms with van der Waals surface area (Å²) >= 11 is 0. The zero-order valence-corrected chi connectivity index (χ0v) is 13.4. The Hall–Kier alpha value is -2.32. The van der Waals surface area contributed by atoms with Crippen LogP contribution in [0.4, 0.5) is 13.2 Å². The Balaban J connectivity index is 1.95. The highest BCUT2D eigenvalue weighted by molar-refractivity contribution is 5.33. The lowest BCUT2D eigenvalue weighted by atomic mass is 10.1. The maximum atomic E-state index is 13.9. The molecule has 0 unspecified atom stereocenters. The summed E-state index contributed by atoms with van der Waals surface area (Å²) in [5.74, 6) is -0.808. The van der Waals surface area contributed by atoms with Crippen LogP contribution >= 0.6 is 0 Å². The molecule has 0 amide bonds. The van der Waals surface area contributed by atoms with Crippen LogP contribution in [0.3, 0.4) is 0 Å². The van der Waals surface area contributed by atoms with Crippen molar-refractivity contribution >= 4 is 0 Å². The average molecular weight is 333 g/mol. The van der Waals surface area contributed by atoms with E-state index in [0.29, 0.717) is 5.56 Å². The second-order valence-electron chi connectivity index (χ2n) is 5.60. The van der Waals surface area contributed by atoms with Crippen LogP contribution in [0.25, 0.3) is 0 Å². The Labute approximate surface area is 139 Å². The Morgan fingerprint density at radius 3 is 2.25 bits per heavy atom. The number of ether oxygens (including phenoxy) is 1. The smallest absolute Gasteiger partial charge is 0.315 e. The minimum atomic E-state index is -3.41. The Morgan fingerprint density at radius 1 is 1.04 bits per heavy atom. The van der Waals surface area contributed by atoms with Gasteiger partial charge in [-0.2, -0.15) is 14.0 Å². The summed E-state index contributed by atoms with van der Waals surface area (Å²) in [6, 6.07) is 12.4. The maximum Gasteiger partial charge on any atom is 0.360 e. The van der Waals surface area contributed by atoms with Crippen molar-refractivity contribution in [2.24, 2.45) is 0 Å². The van der Waals surface area contributed by atoms with Crippen molar-refractivity contribution < 1.29 is 17.9 Å². The summed E-state index contributed by atoms with van der Waals surface area (Å²) < 4.78 is 46.0. The molecule has 0 saturated carbocycles. The summed E-state index contributed by atoms with van der Waals surface area (Å²) in [7, 11) is 0. The molecule has 0 saturated heterocycles. The topological polar surface area (TPSA) is 33.0 Å². The van der Waals surface area contributed by atoms with Crippen LogP contribution in [-0.2, 0) is 24.2 Å². The molecule has 0 aliphatic rings. The molecule has 0 aliphatic heterocycles. The van der Waals surface area contributed by atoms with E-state index < -0.39 is 18.3 Å². The predicted octanol–water partition coefficient (Wildman–Crippen LogP) is 5.00. The third-order valence-electron chi connectivity index (χ3n) is 3.58. The fourth-order valence-electron chi connectivity index (χ4n) is 2.33. The van der Waals surface area contributed by atoms with Crippen molar-refractivity contribution in [1.29, 1.82) is 5.26 Å². The Kier molecular flexibility index (Phi) is 5.99. The number of alkyl halides is 2. The number of benzene rings is 2. The standard InChI is InChI=1S/C19H18F3NO/c1-2-3-14-4-6-15(7-5-14)13-24-19(21,22)11-16-8-9-17(12-23)18(20)10-16/h4-10H,2-3,11,13H2,1H3. The first kappa shape index (κ1) is 18.0. The molecule has 0 fully saturated rings. The Morgan fingerprint density at radius 2 is 1.67 bits per heavy atom. The van der Waals surface area contributed by atoms with E-state index in [4.69, 9.17) is 10.00 Å². The van der Waals surface area contributed by atoms with Gasteiger partial charge in [-0.3, -0.25) is 0 Å². The molecule has 5 heteroatoms. The van der Waals surface area contributed by atoms with Crippen molar-refractivity contribution in [2.75, 3.05) is 0 Å². The van der Waals surface area contributed by atoms with Gasteiger partial charge >= 0.3 is 6.11 Å². The largest absolute Gasteiger partial charge is 0.360 e. The lowest BCUT2D eigenvalue weighted by Crippen LogP contribution is -2.23. The van der Waals surface area contributed by atoms with Gasteiger partial charge in [0.25, 0.3) is 0 Å². The summed E-state index contributed by atoms with van der Waals surface area (Å²) in [6.45, 7) is 1.85. The van der Waals surface area contributed by atoms with E-state index in [-0.39, 0.29) is 17.7 Å². The first-order chi connectivity index (χ1) is 11.4. The average Bonchev–Trinajstić information content (AvgIpc) is 2.54. The van der Waals surface area contributed by atoms with E-state index in [2.05, 4.69) is 6.92 Å². The molecule has 0 spiro atoms. The molecular weight excluding hydrogens is 315 g/mol. The van der Waals surface area contributed by atoms with Gasteiger partial charge in [-0.05, 0) is 35.2 Å². The highest BCUT2D eigenvalue weighted by Crippen LogP contribution is 2.24. The molecule has 0 aromatic heterocycles.